The number of nitrogens with one attached hydrogen (secondary N) is 1. The van der Waals surface area contributed by atoms with E-state index in [1.807, 2.05) is 51.1 Å². The van der Waals surface area contributed by atoms with Gasteiger partial charge in [-0.25, -0.2) is 0 Å². The fourth-order valence-corrected chi connectivity index (χ4v) is 4.02. The SMILES string of the molecule is CC(C)(C)NC(=O)C(Cc1ccccc1)N(Cc1ccc(Cl)cc1)C(=O)Cc1ccccc1[N+](=O)[O-]. The number of benzene rings is 3. The van der Waals surface area contributed by atoms with Crippen LogP contribution in [0.15, 0.2) is 78.9 Å². The van der Waals surface area contributed by atoms with Crippen LogP contribution >= 0.6 is 11.6 Å². The Morgan fingerprint density at radius 2 is 1.56 bits per heavy atom. The molecule has 3 rings (SSSR count). The molecule has 0 radical (unpaired) electrons. The molecule has 7 nitrogen and oxygen atoms in total. The number of carbonyl (C=O) groups excluding carboxylic acids is 2. The molecule has 0 saturated heterocycles. The van der Waals surface area contributed by atoms with Gasteiger partial charge in [-0.3, -0.25) is 19.7 Å². The van der Waals surface area contributed by atoms with Gasteiger partial charge < -0.3 is 10.2 Å². The van der Waals surface area contributed by atoms with Crippen molar-refractivity contribution in [1.29, 1.82) is 0 Å². The van der Waals surface area contributed by atoms with Crippen molar-refractivity contribution in [1.82, 2.24) is 10.2 Å². The minimum atomic E-state index is -0.836. The lowest BCUT2D eigenvalue weighted by molar-refractivity contribution is -0.385. The number of halogens is 1. The van der Waals surface area contributed by atoms with Gasteiger partial charge in [-0.15, -0.1) is 0 Å². The third-order valence-electron chi connectivity index (χ3n) is 5.57. The highest BCUT2D eigenvalue weighted by atomic mass is 35.5. The molecular formula is C28H30ClN3O4. The molecule has 3 aromatic rings. The van der Waals surface area contributed by atoms with E-state index in [4.69, 9.17) is 11.6 Å². The smallest absolute Gasteiger partial charge is 0.273 e. The molecule has 0 aliphatic rings. The summed E-state index contributed by atoms with van der Waals surface area (Å²) in [6.45, 7) is 5.78. The van der Waals surface area contributed by atoms with Gasteiger partial charge in [-0.2, -0.15) is 0 Å². The minimum Gasteiger partial charge on any atom is -0.350 e. The van der Waals surface area contributed by atoms with Crippen molar-refractivity contribution in [3.8, 4) is 0 Å². The first-order valence-corrected chi connectivity index (χ1v) is 12.0. The maximum atomic E-state index is 13.8. The molecule has 3 aromatic carbocycles. The normalized spacial score (nSPS) is 12.0. The zero-order valence-electron chi connectivity index (χ0n) is 20.6. The molecule has 0 aromatic heterocycles. The highest BCUT2D eigenvalue weighted by Crippen LogP contribution is 2.22. The van der Waals surface area contributed by atoms with Gasteiger partial charge in [0.15, 0.2) is 0 Å². The van der Waals surface area contributed by atoms with E-state index in [2.05, 4.69) is 5.32 Å². The average molecular weight is 508 g/mol. The van der Waals surface area contributed by atoms with E-state index in [0.717, 1.165) is 11.1 Å². The summed E-state index contributed by atoms with van der Waals surface area (Å²) in [7, 11) is 0. The molecule has 188 valence electrons. The van der Waals surface area contributed by atoms with Crippen LogP contribution in [0.3, 0.4) is 0 Å². The van der Waals surface area contributed by atoms with Crippen molar-refractivity contribution in [2.24, 2.45) is 0 Å². The lowest BCUT2D eigenvalue weighted by Crippen LogP contribution is -2.54. The molecule has 1 N–H and O–H groups in total. The van der Waals surface area contributed by atoms with Gasteiger partial charge in [0, 0.05) is 35.2 Å². The van der Waals surface area contributed by atoms with Crippen molar-refractivity contribution in [3.05, 3.63) is 111 Å². The molecular weight excluding hydrogens is 478 g/mol. The van der Waals surface area contributed by atoms with Crippen LogP contribution in [-0.4, -0.2) is 33.2 Å². The van der Waals surface area contributed by atoms with Gasteiger partial charge in [-0.05, 0) is 44.0 Å². The number of nitrogens with zero attached hydrogens (tertiary/aromatic N) is 2. The number of carbonyl (C=O) groups is 2. The molecule has 0 bridgehead atoms. The Bertz CT molecular complexity index is 1210. The molecule has 8 heteroatoms. The number of nitro benzene ring substituents is 1. The molecule has 0 fully saturated rings. The van der Waals surface area contributed by atoms with E-state index < -0.39 is 16.5 Å². The second kappa shape index (κ2) is 11.8. The maximum absolute atomic E-state index is 13.8. The van der Waals surface area contributed by atoms with Crippen LogP contribution in [-0.2, 0) is 29.0 Å². The Hall–Kier alpha value is -3.71. The minimum absolute atomic E-state index is 0.129. The summed E-state index contributed by atoms with van der Waals surface area (Å²) in [5.74, 6) is -0.680. The third-order valence-corrected chi connectivity index (χ3v) is 5.82. The standard InChI is InChI=1S/C28H30ClN3O4/c1-28(2,3)30-27(34)25(17-20-9-5-4-6-10-20)31(19-21-13-15-23(29)16-14-21)26(33)18-22-11-7-8-12-24(22)32(35)36/h4-16,25H,17-19H2,1-3H3,(H,30,34). The number of para-hydroxylation sites is 1. The molecule has 0 aliphatic carbocycles. The van der Waals surface area contributed by atoms with Crippen LogP contribution in [0.5, 0.6) is 0 Å². The van der Waals surface area contributed by atoms with Gasteiger partial charge >= 0.3 is 0 Å². The Kier molecular flexibility index (Phi) is 8.83. The van der Waals surface area contributed by atoms with Crippen molar-refractivity contribution < 1.29 is 14.5 Å². The van der Waals surface area contributed by atoms with E-state index >= 15 is 0 Å². The van der Waals surface area contributed by atoms with Crippen LogP contribution < -0.4 is 5.32 Å². The van der Waals surface area contributed by atoms with Gasteiger partial charge in [0.2, 0.25) is 11.8 Å². The Morgan fingerprint density at radius 1 is 0.944 bits per heavy atom. The second-order valence-corrected chi connectivity index (χ2v) is 10.1. The zero-order valence-corrected chi connectivity index (χ0v) is 21.4. The van der Waals surface area contributed by atoms with Crippen LogP contribution in [0.25, 0.3) is 0 Å². The second-order valence-electron chi connectivity index (χ2n) is 9.66. The molecule has 1 unspecified atom stereocenters. The molecule has 0 saturated carbocycles. The van der Waals surface area contributed by atoms with E-state index in [1.165, 1.54) is 11.0 Å². The summed E-state index contributed by atoms with van der Waals surface area (Å²) in [6.07, 6.45) is 0.0811. The van der Waals surface area contributed by atoms with Crippen molar-refractivity contribution in [2.75, 3.05) is 0 Å². The Labute approximate surface area is 216 Å². The first-order chi connectivity index (χ1) is 17.0. The van der Waals surface area contributed by atoms with Crippen LogP contribution in [0.1, 0.15) is 37.5 Å². The molecule has 0 heterocycles. The molecule has 1 atom stereocenters. The lowest BCUT2D eigenvalue weighted by atomic mass is 9.99. The zero-order chi connectivity index (χ0) is 26.3. The topological polar surface area (TPSA) is 92.6 Å². The summed E-state index contributed by atoms with van der Waals surface area (Å²) in [4.78, 5) is 39.9. The van der Waals surface area contributed by atoms with E-state index in [-0.39, 0.29) is 30.5 Å². The average Bonchev–Trinajstić information content (AvgIpc) is 2.82. The first kappa shape index (κ1) is 26.9. The van der Waals surface area contributed by atoms with Gasteiger partial charge in [0.1, 0.15) is 6.04 Å². The summed E-state index contributed by atoms with van der Waals surface area (Å²) >= 11 is 6.05. The van der Waals surface area contributed by atoms with E-state index in [1.54, 1.807) is 42.5 Å². The number of nitro groups is 1. The van der Waals surface area contributed by atoms with Crippen LogP contribution in [0, 0.1) is 10.1 Å². The number of hydrogen-bond donors (Lipinski definition) is 1. The predicted octanol–water partition coefficient (Wildman–Crippen LogP) is 5.35. The summed E-state index contributed by atoms with van der Waals surface area (Å²) in [5.41, 5.74) is 1.33. The van der Waals surface area contributed by atoms with E-state index in [9.17, 15) is 19.7 Å². The molecule has 0 aliphatic heterocycles. The number of hydrogen-bond acceptors (Lipinski definition) is 4. The summed E-state index contributed by atoms with van der Waals surface area (Å²) < 4.78 is 0. The van der Waals surface area contributed by atoms with Gasteiger partial charge in [-0.1, -0.05) is 72.3 Å². The molecule has 0 spiro atoms. The van der Waals surface area contributed by atoms with Gasteiger partial charge in [0.25, 0.3) is 5.69 Å². The maximum Gasteiger partial charge on any atom is 0.273 e. The van der Waals surface area contributed by atoms with Gasteiger partial charge in [0.05, 0.1) is 11.3 Å². The van der Waals surface area contributed by atoms with Crippen molar-refractivity contribution >= 4 is 29.1 Å². The lowest BCUT2D eigenvalue weighted by Gasteiger charge is -2.34. The highest BCUT2D eigenvalue weighted by molar-refractivity contribution is 6.30. The monoisotopic (exact) mass is 507 g/mol. The molecule has 36 heavy (non-hydrogen) atoms. The number of rotatable bonds is 9. The van der Waals surface area contributed by atoms with Crippen LogP contribution in [0.4, 0.5) is 5.69 Å². The molecule has 2 amide bonds. The van der Waals surface area contributed by atoms with Crippen molar-refractivity contribution in [2.45, 2.75) is 51.7 Å². The summed E-state index contributed by atoms with van der Waals surface area (Å²) in [5, 5.41) is 15.1. The predicted molar refractivity (Wildman–Crippen MR) is 141 cm³/mol. The quantitative estimate of drug-likeness (QED) is 0.312. The Morgan fingerprint density at radius 3 is 2.17 bits per heavy atom. The van der Waals surface area contributed by atoms with E-state index in [0.29, 0.717) is 17.0 Å². The largest absolute Gasteiger partial charge is 0.350 e. The highest BCUT2D eigenvalue weighted by Gasteiger charge is 2.33. The third kappa shape index (κ3) is 7.65. The fraction of sp³-hybridized carbons (Fsp3) is 0.286. The number of amides is 2. The summed E-state index contributed by atoms with van der Waals surface area (Å²) in [6, 6.07) is 21.8. The fourth-order valence-electron chi connectivity index (χ4n) is 3.90. The first-order valence-electron chi connectivity index (χ1n) is 11.7. The Balaban J connectivity index is 2.02. The van der Waals surface area contributed by atoms with Crippen molar-refractivity contribution in [3.63, 3.8) is 0 Å². The van der Waals surface area contributed by atoms with Crippen LogP contribution in [0.2, 0.25) is 5.02 Å².